The second-order valence-electron chi connectivity index (χ2n) is 7.69. The number of aryl methyl sites for hydroxylation is 1. The highest BCUT2D eigenvalue weighted by atomic mass is 19.1. The lowest BCUT2D eigenvalue weighted by Crippen LogP contribution is -2.52. The SMILES string of the molecule is Cc1nnc2c3ccccc3nc(N3CCN(Cc4ccccc4F)C(C)C3)n12. The molecule has 0 radical (unpaired) electrons. The lowest BCUT2D eigenvalue weighted by atomic mass is 10.1. The van der Waals surface area contributed by atoms with Gasteiger partial charge in [-0.1, -0.05) is 30.3 Å². The standard InChI is InChI=1S/C22H23FN6/c1-15-13-28(12-11-27(15)14-17-7-3-5-9-19(17)23)22-24-20-10-6-4-8-18(20)21-26-25-16(2)29(21)22/h3-10,15H,11-14H2,1-2H3. The van der Waals surface area contributed by atoms with Crippen LogP contribution in [-0.2, 0) is 6.54 Å². The van der Waals surface area contributed by atoms with Crippen LogP contribution < -0.4 is 4.90 Å². The zero-order chi connectivity index (χ0) is 20.0. The van der Waals surface area contributed by atoms with E-state index in [-0.39, 0.29) is 11.9 Å². The molecular weight excluding hydrogens is 367 g/mol. The van der Waals surface area contributed by atoms with Gasteiger partial charge in [-0.2, -0.15) is 0 Å². The summed E-state index contributed by atoms with van der Waals surface area (Å²) in [6.07, 6.45) is 0. The minimum atomic E-state index is -0.139. The molecule has 1 aliphatic rings. The first-order valence-electron chi connectivity index (χ1n) is 9.94. The average molecular weight is 390 g/mol. The third-order valence-corrected chi connectivity index (χ3v) is 5.77. The molecule has 7 heteroatoms. The second-order valence-corrected chi connectivity index (χ2v) is 7.69. The maximum Gasteiger partial charge on any atom is 0.213 e. The Morgan fingerprint density at radius 2 is 1.83 bits per heavy atom. The van der Waals surface area contributed by atoms with Gasteiger partial charge in [0.15, 0.2) is 5.65 Å². The van der Waals surface area contributed by atoms with Gasteiger partial charge in [0.1, 0.15) is 11.6 Å². The van der Waals surface area contributed by atoms with Gasteiger partial charge in [0.2, 0.25) is 5.95 Å². The summed E-state index contributed by atoms with van der Waals surface area (Å²) in [7, 11) is 0. The van der Waals surface area contributed by atoms with E-state index in [1.807, 2.05) is 47.7 Å². The van der Waals surface area contributed by atoms with Crippen LogP contribution in [0.25, 0.3) is 16.6 Å². The van der Waals surface area contributed by atoms with E-state index in [2.05, 4.69) is 26.9 Å². The number of rotatable bonds is 3. The Bertz CT molecular complexity index is 1190. The van der Waals surface area contributed by atoms with Crippen molar-refractivity contribution >= 4 is 22.5 Å². The molecule has 1 atom stereocenters. The zero-order valence-corrected chi connectivity index (χ0v) is 16.6. The molecule has 0 spiro atoms. The highest BCUT2D eigenvalue weighted by Crippen LogP contribution is 2.26. The number of fused-ring (bicyclic) bond motifs is 3. The van der Waals surface area contributed by atoms with Gasteiger partial charge in [-0.3, -0.25) is 4.90 Å². The molecule has 4 aromatic rings. The van der Waals surface area contributed by atoms with Gasteiger partial charge >= 0.3 is 0 Å². The molecule has 148 valence electrons. The lowest BCUT2D eigenvalue weighted by molar-refractivity contribution is 0.178. The van der Waals surface area contributed by atoms with Gasteiger partial charge in [-0.15, -0.1) is 10.2 Å². The van der Waals surface area contributed by atoms with E-state index >= 15 is 0 Å². The van der Waals surface area contributed by atoms with Gasteiger partial charge in [-0.05, 0) is 32.0 Å². The van der Waals surface area contributed by atoms with Crippen LogP contribution >= 0.6 is 0 Å². The molecule has 0 aliphatic carbocycles. The fourth-order valence-electron chi connectivity index (χ4n) is 4.16. The Morgan fingerprint density at radius 3 is 2.66 bits per heavy atom. The first kappa shape index (κ1) is 18.0. The molecule has 29 heavy (non-hydrogen) atoms. The van der Waals surface area contributed by atoms with Gasteiger partial charge in [0.25, 0.3) is 0 Å². The molecule has 1 aliphatic heterocycles. The fraction of sp³-hybridized carbons (Fsp3) is 0.318. The summed E-state index contributed by atoms with van der Waals surface area (Å²) in [6.45, 7) is 7.23. The molecule has 1 unspecified atom stereocenters. The minimum Gasteiger partial charge on any atom is -0.339 e. The molecule has 6 nitrogen and oxygen atoms in total. The molecule has 0 amide bonds. The molecular formula is C22H23FN6. The Morgan fingerprint density at radius 1 is 1.03 bits per heavy atom. The van der Waals surface area contributed by atoms with Crippen LogP contribution in [0.5, 0.6) is 0 Å². The second kappa shape index (κ2) is 7.08. The summed E-state index contributed by atoms with van der Waals surface area (Å²) in [6, 6.07) is 15.3. The number of anilines is 1. The highest BCUT2D eigenvalue weighted by molar-refractivity contribution is 5.92. The third-order valence-electron chi connectivity index (χ3n) is 5.77. The van der Waals surface area contributed by atoms with Crippen LogP contribution in [0.3, 0.4) is 0 Å². The van der Waals surface area contributed by atoms with Crippen LogP contribution in [-0.4, -0.2) is 50.2 Å². The molecule has 2 aromatic heterocycles. The van der Waals surface area contributed by atoms with Gasteiger partial charge < -0.3 is 4.90 Å². The first-order valence-corrected chi connectivity index (χ1v) is 9.94. The van der Waals surface area contributed by atoms with Crippen molar-refractivity contribution in [2.45, 2.75) is 26.4 Å². The molecule has 0 bridgehead atoms. The molecule has 0 N–H and O–H groups in total. The predicted octanol–water partition coefficient (Wildman–Crippen LogP) is 3.44. The Kier molecular flexibility index (Phi) is 4.39. The Balaban J connectivity index is 1.46. The van der Waals surface area contributed by atoms with Crippen molar-refractivity contribution in [2.24, 2.45) is 0 Å². The largest absolute Gasteiger partial charge is 0.339 e. The monoisotopic (exact) mass is 390 g/mol. The van der Waals surface area contributed by atoms with Crippen molar-refractivity contribution in [1.29, 1.82) is 0 Å². The first-order chi connectivity index (χ1) is 14.1. The topological polar surface area (TPSA) is 49.6 Å². The van der Waals surface area contributed by atoms with Crippen molar-refractivity contribution in [3.05, 3.63) is 65.7 Å². The van der Waals surface area contributed by atoms with E-state index in [1.54, 1.807) is 6.07 Å². The van der Waals surface area contributed by atoms with E-state index in [1.165, 1.54) is 6.07 Å². The van der Waals surface area contributed by atoms with Crippen molar-refractivity contribution < 1.29 is 4.39 Å². The van der Waals surface area contributed by atoms with E-state index in [0.717, 1.165) is 53.5 Å². The maximum absolute atomic E-state index is 14.1. The third kappa shape index (κ3) is 3.11. The molecule has 1 fully saturated rings. The molecule has 2 aromatic carbocycles. The molecule has 3 heterocycles. The smallest absolute Gasteiger partial charge is 0.213 e. The van der Waals surface area contributed by atoms with Crippen molar-refractivity contribution in [1.82, 2.24) is 24.5 Å². The van der Waals surface area contributed by atoms with Crippen LogP contribution in [0.1, 0.15) is 18.3 Å². The van der Waals surface area contributed by atoms with Crippen LogP contribution in [0.4, 0.5) is 10.3 Å². The maximum atomic E-state index is 14.1. The predicted molar refractivity (Wildman–Crippen MR) is 112 cm³/mol. The molecule has 5 rings (SSSR count). The quantitative estimate of drug-likeness (QED) is 0.536. The highest BCUT2D eigenvalue weighted by Gasteiger charge is 2.27. The van der Waals surface area contributed by atoms with E-state index in [9.17, 15) is 4.39 Å². The molecule has 1 saturated heterocycles. The number of benzene rings is 2. The van der Waals surface area contributed by atoms with Gasteiger partial charge in [0, 0.05) is 43.2 Å². The van der Waals surface area contributed by atoms with Crippen LogP contribution in [0, 0.1) is 12.7 Å². The fourth-order valence-corrected chi connectivity index (χ4v) is 4.16. The number of hydrogen-bond acceptors (Lipinski definition) is 5. The number of para-hydroxylation sites is 1. The van der Waals surface area contributed by atoms with E-state index in [4.69, 9.17) is 4.98 Å². The van der Waals surface area contributed by atoms with Crippen molar-refractivity contribution in [3.8, 4) is 0 Å². The van der Waals surface area contributed by atoms with Crippen molar-refractivity contribution in [2.75, 3.05) is 24.5 Å². The summed E-state index contributed by atoms with van der Waals surface area (Å²) >= 11 is 0. The Hall–Kier alpha value is -3.06. The van der Waals surface area contributed by atoms with Crippen LogP contribution in [0.2, 0.25) is 0 Å². The van der Waals surface area contributed by atoms with E-state index in [0.29, 0.717) is 6.54 Å². The summed E-state index contributed by atoms with van der Waals surface area (Å²) in [5, 5.41) is 9.69. The number of aromatic nitrogens is 4. The summed E-state index contributed by atoms with van der Waals surface area (Å²) in [4.78, 5) is 9.56. The Labute approximate surface area is 168 Å². The number of piperazine rings is 1. The van der Waals surface area contributed by atoms with Crippen LogP contribution in [0.15, 0.2) is 48.5 Å². The van der Waals surface area contributed by atoms with E-state index < -0.39 is 0 Å². The number of hydrogen-bond donors (Lipinski definition) is 0. The average Bonchev–Trinajstić information content (AvgIpc) is 3.12. The van der Waals surface area contributed by atoms with Gasteiger partial charge in [-0.25, -0.2) is 13.8 Å². The normalized spacial score (nSPS) is 18.0. The number of nitrogens with zero attached hydrogens (tertiary/aromatic N) is 6. The number of halogens is 1. The summed E-state index contributed by atoms with van der Waals surface area (Å²) in [5.74, 6) is 1.56. The lowest BCUT2D eigenvalue weighted by Gasteiger charge is -2.40. The van der Waals surface area contributed by atoms with Crippen molar-refractivity contribution in [3.63, 3.8) is 0 Å². The van der Waals surface area contributed by atoms with Gasteiger partial charge in [0.05, 0.1) is 5.52 Å². The summed E-state index contributed by atoms with van der Waals surface area (Å²) < 4.78 is 16.1. The molecule has 0 saturated carbocycles. The zero-order valence-electron chi connectivity index (χ0n) is 16.6. The summed E-state index contributed by atoms with van der Waals surface area (Å²) in [5.41, 5.74) is 2.50. The minimum absolute atomic E-state index is 0.139.